The van der Waals surface area contributed by atoms with Crippen LogP contribution in [0, 0.1) is 6.92 Å². The molecule has 2 aromatic carbocycles. The van der Waals surface area contributed by atoms with E-state index in [1.165, 1.54) is 6.07 Å². The highest BCUT2D eigenvalue weighted by Crippen LogP contribution is 2.27. The van der Waals surface area contributed by atoms with E-state index >= 15 is 0 Å². The third kappa shape index (κ3) is 6.18. The van der Waals surface area contributed by atoms with Gasteiger partial charge in [0.1, 0.15) is 5.75 Å². The second kappa shape index (κ2) is 9.38. The first-order valence-electron chi connectivity index (χ1n) is 7.40. The lowest BCUT2D eigenvalue weighted by Crippen LogP contribution is -2.49. The van der Waals surface area contributed by atoms with Gasteiger partial charge in [0.05, 0.1) is 5.02 Å². The minimum atomic E-state index is -0.516. The van der Waals surface area contributed by atoms with Crippen LogP contribution in [0.5, 0.6) is 5.75 Å². The van der Waals surface area contributed by atoms with Crippen molar-refractivity contribution in [3.05, 3.63) is 63.6 Å². The lowest BCUT2D eigenvalue weighted by Gasteiger charge is -2.12. The summed E-state index contributed by atoms with van der Waals surface area (Å²) in [5, 5.41) is 3.05. The van der Waals surface area contributed by atoms with Crippen molar-refractivity contribution in [1.82, 2.24) is 16.2 Å². The van der Waals surface area contributed by atoms with Crippen LogP contribution in [0.4, 0.5) is 0 Å². The van der Waals surface area contributed by atoms with Crippen LogP contribution < -0.4 is 20.9 Å². The Kier molecular flexibility index (Phi) is 7.20. The summed E-state index contributed by atoms with van der Waals surface area (Å²) in [7, 11) is 0. The maximum absolute atomic E-state index is 11.9. The van der Waals surface area contributed by atoms with Crippen molar-refractivity contribution in [1.29, 1.82) is 0 Å². The van der Waals surface area contributed by atoms with Gasteiger partial charge in [-0.1, -0.05) is 40.9 Å². The molecule has 3 N–H and O–H groups in total. The summed E-state index contributed by atoms with van der Waals surface area (Å²) < 4.78 is 5.28. The van der Waals surface area contributed by atoms with Crippen LogP contribution in [0.15, 0.2) is 42.5 Å². The number of hydrogen-bond donors (Lipinski definition) is 3. The molecule has 136 valence electrons. The minimum Gasteiger partial charge on any atom is -0.482 e. The van der Waals surface area contributed by atoms with Crippen LogP contribution in [0.2, 0.25) is 10.0 Å². The van der Waals surface area contributed by atoms with Crippen LogP contribution in [0.3, 0.4) is 0 Å². The molecule has 0 aliphatic carbocycles. The molecule has 0 saturated heterocycles. The first kappa shape index (κ1) is 20.0. The Hall–Kier alpha value is -2.35. The third-order valence-electron chi connectivity index (χ3n) is 3.11. The molecule has 2 amide bonds. The van der Waals surface area contributed by atoms with Gasteiger partial charge in [-0.25, -0.2) is 0 Å². The number of hydrazine groups is 1. The van der Waals surface area contributed by atoms with Gasteiger partial charge in [-0.05, 0) is 49.5 Å². The first-order chi connectivity index (χ1) is 12.3. The van der Waals surface area contributed by atoms with E-state index in [0.29, 0.717) is 16.3 Å². The molecule has 6 nitrogen and oxygen atoms in total. The minimum absolute atomic E-state index is 0.0683. The number of benzene rings is 2. The predicted octanol–water partition coefficient (Wildman–Crippen LogP) is 3.02. The summed E-state index contributed by atoms with van der Waals surface area (Å²) in [5.41, 5.74) is 6.33. The van der Waals surface area contributed by atoms with Crippen molar-refractivity contribution in [2.45, 2.75) is 6.92 Å². The second-order valence-electron chi connectivity index (χ2n) is 5.19. The normalized spacial score (nSPS) is 9.96. The van der Waals surface area contributed by atoms with Crippen molar-refractivity contribution in [2.24, 2.45) is 0 Å². The fraction of sp³-hybridized carbons (Fsp3) is 0.118. The number of rotatable bonds is 4. The monoisotopic (exact) mass is 411 g/mol. The zero-order chi connectivity index (χ0) is 19.1. The number of nitrogens with one attached hydrogen (secondary N) is 3. The van der Waals surface area contributed by atoms with Crippen LogP contribution >= 0.6 is 35.4 Å². The highest BCUT2D eigenvalue weighted by molar-refractivity contribution is 7.80. The molecule has 9 heteroatoms. The number of amides is 2. The van der Waals surface area contributed by atoms with Crippen molar-refractivity contribution in [2.75, 3.05) is 6.61 Å². The van der Waals surface area contributed by atoms with Gasteiger partial charge in [0.2, 0.25) is 0 Å². The van der Waals surface area contributed by atoms with Crippen LogP contribution in [-0.4, -0.2) is 23.5 Å². The molecule has 0 radical (unpaired) electrons. The van der Waals surface area contributed by atoms with Gasteiger partial charge in [-0.2, -0.15) is 0 Å². The topological polar surface area (TPSA) is 79.5 Å². The average molecular weight is 412 g/mol. The van der Waals surface area contributed by atoms with Gasteiger partial charge in [-0.15, -0.1) is 0 Å². The highest BCUT2D eigenvalue weighted by Gasteiger charge is 2.10. The van der Waals surface area contributed by atoms with E-state index in [2.05, 4.69) is 16.2 Å². The molecular formula is C17H15Cl2N3O3S. The Morgan fingerprint density at radius 3 is 2.42 bits per heavy atom. The summed E-state index contributed by atoms with van der Waals surface area (Å²) in [5.74, 6) is -0.582. The van der Waals surface area contributed by atoms with Gasteiger partial charge in [0.25, 0.3) is 11.8 Å². The van der Waals surface area contributed by atoms with Gasteiger partial charge in [0.15, 0.2) is 11.7 Å². The van der Waals surface area contributed by atoms with Crippen LogP contribution in [-0.2, 0) is 4.79 Å². The number of carbonyl (C=O) groups excluding carboxylic acids is 2. The Morgan fingerprint density at radius 2 is 1.77 bits per heavy atom. The average Bonchev–Trinajstić information content (AvgIpc) is 2.59. The zero-order valence-electron chi connectivity index (χ0n) is 13.6. The second-order valence-corrected chi connectivity index (χ2v) is 6.44. The van der Waals surface area contributed by atoms with Crippen LogP contribution in [0.25, 0.3) is 0 Å². The number of aryl methyl sites for hydroxylation is 1. The largest absolute Gasteiger partial charge is 0.482 e. The number of carbonyl (C=O) groups is 2. The standard InChI is InChI=1S/C17H15Cl2N3O3S/c1-10-2-4-11(5-3-10)16(24)21-22-17(26)20-15(23)9-25-14-7-6-12(18)8-13(14)19/h2-8H,9H2,1H3,(H,21,24)(H2,20,22,23,26). The van der Waals surface area contributed by atoms with Crippen molar-refractivity contribution in [3.8, 4) is 5.75 Å². The molecule has 2 aromatic rings. The Morgan fingerprint density at radius 1 is 1.08 bits per heavy atom. The van der Waals surface area contributed by atoms with E-state index in [-0.39, 0.29) is 22.6 Å². The number of halogens is 2. The third-order valence-corrected chi connectivity index (χ3v) is 3.84. The number of thiocarbonyl (C=S) groups is 1. The molecule has 0 spiro atoms. The smallest absolute Gasteiger partial charge is 0.269 e. The summed E-state index contributed by atoms with van der Waals surface area (Å²) in [6.07, 6.45) is 0. The van der Waals surface area contributed by atoms with E-state index in [1.807, 2.05) is 19.1 Å². The van der Waals surface area contributed by atoms with Crippen molar-refractivity contribution < 1.29 is 14.3 Å². The molecule has 0 unspecified atom stereocenters. The van der Waals surface area contributed by atoms with Gasteiger partial charge in [0, 0.05) is 10.6 Å². The van der Waals surface area contributed by atoms with E-state index in [4.69, 9.17) is 40.2 Å². The zero-order valence-corrected chi connectivity index (χ0v) is 16.0. The lowest BCUT2D eigenvalue weighted by molar-refractivity contribution is -0.121. The van der Waals surface area contributed by atoms with E-state index in [1.54, 1.807) is 24.3 Å². The van der Waals surface area contributed by atoms with Gasteiger partial charge < -0.3 is 4.74 Å². The van der Waals surface area contributed by atoms with Crippen LogP contribution in [0.1, 0.15) is 15.9 Å². The highest BCUT2D eigenvalue weighted by atomic mass is 35.5. The lowest BCUT2D eigenvalue weighted by atomic mass is 10.1. The Labute approximate surface area is 165 Å². The molecule has 0 saturated carbocycles. The summed E-state index contributed by atoms with van der Waals surface area (Å²) in [4.78, 5) is 23.7. The summed E-state index contributed by atoms with van der Waals surface area (Å²) in [6, 6.07) is 11.6. The summed E-state index contributed by atoms with van der Waals surface area (Å²) >= 11 is 16.7. The Balaban J connectivity index is 1.75. The maximum Gasteiger partial charge on any atom is 0.269 e. The van der Waals surface area contributed by atoms with Crippen molar-refractivity contribution >= 4 is 52.3 Å². The Bertz CT molecular complexity index is 829. The van der Waals surface area contributed by atoms with E-state index in [9.17, 15) is 9.59 Å². The molecule has 2 rings (SSSR count). The molecule has 0 aliphatic heterocycles. The molecular weight excluding hydrogens is 397 g/mol. The quantitative estimate of drug-likeness (QED) is 0.532. The maximum atomic E-state index is 11.9. The number of ether oxygens (including phenoxy) is 1. The van der Waals surface area contributed by atoms with Gasteiger partial charge in [-0.3, -0.25) is 25.8 Å². The summed E-state index contributed by atoms with van der Waals surface area (Å²) in [6.45, 7) is 1.61. The van der Waals surface area contributed by atoms with Gasteiger partial charge >= 0.3 is 0 Å². The van der Waals surface area contributed by atoms with Crippen molar-refractivity contribution in [3.63, 3.8) is 0 Å². The molecule has 0 fully saturated rings. The predicted molar refractivity (Wildman–Crippen MR) is 104 cm³/mol. The van der Waals surface area contributed by atoms with E-state index in [0.717, 1.165) is 5.56 Å². The van der Waals surface area contributed by atoms with E-state index < -0.39 is 5.91 Å². The molecule has 0 heterocycles. The fourth-order valence-corrected chi connectivity index (χ4v) is 2.45. The molecule has 0 bridgehead atoms. The molecule has 26 heavy (non-hydrogen) atoms. The molecule has 0 atom stereocenters. The molecule has 0 aliphatic rings. The first-order valence-corrected chi connectivity index (χ1v) is 8.56. The SMILES string of the molecule is Cc1ccc(C(=O)NNC(=S)NC(=O)COc2ccc(Cl)cc2Cl)cc1. The molecule has 0 aromatic heterocycles. The fourth-order valence-electron chi connectivity index (χ4n) is 1.82. The number of hydrogen-bond acceptors (Lipinski definition) is 4.